The van der Waals surface area contributed by atoms with Crippen LogP contribution < -0.4 is 5.32 Å². The second-order valence-corrected chi connectivity index (χ2v) is 6.73. The molecule has 1 aromatic carbocycles. The Morgan fingerprint density at radius 2 is 2.06 bits per heavy atom. The summed E-state index contributed by atoms with van der Waals surface area (Å²) in [5.41, 5.74) is 1.03. The Kier molecular flexibility index (Phi) is 3.81. The standard InChI is InChI=1S/C12H18N2O2S/c1-11-9-13-7-8-14(17(11,15)16)10-12-5-3-2-4-6-12/h2-6,11,13H,7-10H2,1H3. The van der Waals surface area contributed by atoms with Crippen molar-refractivity contribution in [1.29, 1.82) is 0 Å². The maximum atomic E-state index is 12.2. The number of hydrogen-bond donors (Lipinski definition) is 1. The maximum Gasteiger partial charge on any atom is 0.218 e. The van der Waals surface area contributed by atoms with Crippen LogP contribution >= 0.6 is 0 Å². The Bertz CT molecular complexity index is 459. The van der Waals surface area contributed by atoms with Crippen LogP contribution in [0.15, 0.2) is 30.3 Å². The third-order valence-electron chi connectivity index (χ3n) is 3.04. The summed E-state index contributed by atoms with van der Waals surface area (Å²) in [5, 5.41) is 2.79. The van der Waals surface area contributed by atoms with Crippen molar-refractivity contribution in [3.8, 4) is 0 Å². The minimum absolute atomic E-state index is 0.353. The van der Waals surface area contributed by atoms with Crippen molar-refractivity contribution in [2.75, 3.05) is 19.6 Å². The summed E-state index contributed by atoms with van der Waals surface area (Å²) in [4.78, 5) is 0. The predicted molar refractivity (Wildman–Crippen MR) is 68.1 cm³/mol. The molecule has 0 amide bonds. The van der Waals surface area contributed by atoms with Gasteiger partial charge < -0.3 is 5.32 Å². The zero-order valence-electron chi connectivity index (χ0n) is 9.96. The summed E-state index contributed by atoms with van der Waals surface area (Å²) in [6, 6.07) is 9.71. The van der Waals surface area contributed by atoms with Gasteiger partial charge in [-0.3, -0.25) is 0 Å². The van der Waals surface area contributed by atoms with Crippen LogP contribution in [0, 0.1) is 0 Å². The Morgan fingerprint density at radius 3 is 2.76 bits per heavy atom. The van der Waals surface area contributed by atoms with E-state index in [-0.39, 0.29) is 5.25 Å². The normalized spacial score (nSPS) is 25.4. The van der Waals surface area contributed by atoms with E-state index in [4.69, 9.17) is 0 Å². The lowest BCUT2D eigenvalue weighted by atomic mass is 10.2. The molecule has 0 bridgehead atoms. The van der Waals surface area contributed by atoms with Crippen LogP contribution in [0.1, 0.15) is 12.5 Å². The van der Waals surface area contributed by atoms with Crippen LogP contribution in [0.3, 0.4) is 0 Å². The molecule has 4 nitrogen and oxygen atoms in total. The number of benzene rings is 1. The van der Waals surface area contributed by atoms with Gasteiger partial charge in [-0.2, -0.15) is 4.31 Å². The third-order valence-corrected chi connectivity index (χ3v) is 5.25. The van der Waals surface area contributed by atoms with Crippen LogP contribution in [0.4, 0.5) is 0 Å². The minimum atomic E-state index is -3.17. The Balaban J connectivity index is 2.19. The van der Waals surface area contributed by atoms with Crippen LogP contribution in [-0.2, 0) is 16.6 Å². The maximum absolute atomic E-state index is 12.2. The summed E-state index contributed by atoms with van der Waals surface area (Å²) < 4.78 is 26.0. The molecular weight excluding hydrogens is 236 g/mol. The van der Waals surface area contributed by atoms with Crippen LogP contribution in [0.5, 0.6) is 0 Å². The predicted octanol–water partition coefficient (Wildman–Crippen LogP) is 0.810. The van der Waals surface area contributed by atoms with Gasteiger partial charge in [0.2, 0.25) is 10.0 Å². The topological polar surface area (TPSA) is 49.4 Å². The zero-order valence-corrected chi connectivity index (χ0v) is 10.8. The molecule has 1 fully saturated rings. The van der Waals surface area contributed by atoms with Crippen molar-refractivity contribution >= 4 is 10.0 Å². The van der Waals surface area contributed by atoms with Gasteiger partial charge in [0.15, 0.2) is 0 Å². The molecule has 1 aliphatic heterocycles. The van der Waals surface area contributed by atoms with Crippen LogP contribution in [0.25, 0.3) is 0 Å². The van der Waals surface area contributed by atoms with Gasteiger partial charge >= 0.3 is 0 Å². The fourth-order valence-corrected chi connectivity index (χ4v) is 3.46. The van der Waals surface area contributed by atoms with Crippen LogP contribution in [-0.4, -0.2) is 37.6 Å². The minimum Gasteiger partial charge on any atom is -0.314 e. The summed E-state index contributed by atoms with van der Waals surface area (Å²) >= 11 is 0. The first-order valence-corrected chi connectivity index (χ1v) is 7.34. The molecule has 1 N–H and O–H groups in total. The lowest BCUT2D eigenvalue weighted by Gasteiger charge is -2.22. The number of sulfonamides is 1. The van der Waals surface area contributed by atoms with Crippen molar-refractivity contribution < 1.29 is 8.42 Å². The second kappa shape index (κ2) is 5.16. The fraction of sp³-hybridized carbons (Fsp3) is 0.500. The van der Waals surface area contributed by atoms with E-state index in [1.54, 1.807) is 11.2 Å². The molecule has 17 heavy (non-hydrogen) atoms. The SMILES string of the molecule is CC1CNCCN(Cc2ccccc2)S1(=O)=O. The lowest BCUT2D eigenvalue weighted by molar-refractivity contribution is 0.413. The average Bonchev–Trinajstić information content (AvgIpc) is 2.44. The van der Waals surface area contributed by atoms with Crippen molar-refractivity contribution in [3.05, 3.63) is 35.9 Å². The number of hydrogen-bond acceptors (Lipinski definition) is 3. The Morgan fingerprint density at radius 1 is 1.35 bits per heavy atom. The summed E-state index contributed by atoms with van der Waals surface area (Å²) in [7, 11) is -3.17. The molecule has 1 atom stereocenters. The van der Waals surface area contributed by atoms with Crippen molar-refractivity contribution in [2.45, 2.75) is 18.7 Å². The quantitative estimate of drug-likeness (QED) is 0.849. The molecule has 0 radical (unpaired) electrons. The van der Waals surface area contributed by atoms with E-state index in [2.05, 4.69) is 5.32 Å². The highest BCUT2D eigenvalue weighted by Gasteiger charge is 2.30. The average molecular weight is 254 g/mol. The zero-order chi connectivity index (χ0) is 12.3. The first kappa shape index (κ1) is 12.5. The molecule has 0 spiro atoms. The van der Waals surface area contributed by atoms with Gasteiger partial charge in [-0.25, -0.2) is 8.42 Å². The monoisotopic (exact) mass is 254 g/mol. The van der Waals surface area contributed by atoms with Crippen molar-refractivity contribution in [3.63, 3.8) is 0 Å². The number of rotatable bonds is 2. The van der Waals surface area contributed by atoms with Gasteiger partial charge in [0.1, 0.15) is 0 Å². The van der Waals surface area contributed by atoms with E-state index in [1.165, 1.54) is 0 Å². The lowest BCUT2D eigenvalue weighted by Crippen LogP contribution is -2.37. The van der Waals surface area contributed by atoms with Gasteiger partial charge in [-0.15, -0.1) is 0 Å². The van der Waals surface area contributed by atoms with Crippen molar-refractivity contribution in [1.82, 2.24) is 9.62 Å². The van der Waals surface area contributed by atoms with Crippen molar-refractivity contribution in [2.24, 2.45) is 0 Å². The molecule has 1 aromatic rings. The van der Waals surface area contributed by atoms with E-state index >= 15 is 0 Å². The van der Waals surface area contributed by atoms with E-state index in [9.17, 15) is 8.42 Å². The van der Waals surface area contributed by atoms with Gasteiger partial charge in [0, 0.05) is 26.2 Å². The smallest absolute Gasteiger partial charge is 0.218 e. The van der Waals surface area contributed by atoms with Gasteiger partial charge in [0.05, 0.1) is 5.25 Å². The highest BCUT2D eigenvalue weighted by molar-refractivity contribution is 7.89. The Labute approximate surface area is 103 Å². The van der Waals surface area contributed by atoms with Gasteiger partial charge in [-0.1, -0.05) is 30.3 Å². The molecule has 0 aromatic heterocycles. The highest BCUT2D eigenvalue weighted by atomic mass is 32.2. The van der Waals surface area contributed by atoms with Crippen LogP contribution in [0.2, 0.25) is 0 Å². The van der Waals surface area contributed by atoms with E-state index in [1.807, 2.05) is 30.3 Å². The molecule has 94 valence electrons. The molecule has 2 rings (SSSR count). The molecule has 1 aliphatic rings. The Hall–Kier alpha value is -0.910. The number of nitrogens with one attached hydrogen (secondary N) is 1. The second-order valence-electron chi connectivity index (χ2n) is 4.38. The molecule has 0 saturated carbocycles. The fourth-order valence-electron chi connectivity index (χ4n) is 1.95. The molecular formula is C12H18N2O2S. The summed E-state index contributed by atoms with van der Waals surface area (Å²) in [6.45, 7) is 4.02. The molecule has 5 heteroatoms. The van der Waals surface area contributed by atoms with Gasteiger partial charge in [-0.05, 0) is 12.5 Å². The molecule has 1 heterocycles. The van der Waals surface area contributed by atoms with Gasteiger partial charge in [0.25, 0.3) is 0 Å². The summed E-state index contributed by atoms with van der Waals surface area (Å²) in [5.74, 6) is 0. The molecule has 1 saturated heterocycles. The molecule has 1 unspecified atom stereocenters. The number of nitrogens with zero attached hydrogens (tertiary/aromatic N) is 1. The van der Waals surface area contributed by atoms with E-state index < -0.39 is 10.0 Å². The largest absolute Gasteiger partial charge is 0.314 e. The third kappa shape index (κ3) is 2.86. The summed E-state index contributed by atoms with van der Waals surface area (Å²) in [6.07, 6.45) is 0. The van der Waals surface area contributed by atoms with E-state index in [0.29, 0.717) is 19.6 Å². The molecule has 0 aliphatic carbocycles. The first-order valence-electron chi connectivity index (χ1n) is 5.84. The van der Waals surface area contributed by atoms with E-state index in [0.717, 1.165) is 12.1 Å². The highest BCUT2D eigenvalue weighted by Crippen LogP contribution is 2.14. The first-order chi connectivity index (χ1) is 8.10.